The van der Waals surface area contributed by atoms with Crippen LogP contribution in [0.15, 0.2) is 40.2 Å². The molecule has 1 heterocycles. The summed E-state index contributed by atoms with van der Waals surface area (Å²) in [6.45, 7) is 0. The highest BCUT2D eigenvalue weighted by Gasteiger charge is 2.11. The molecule has 0 saturated carbocycles. The summed E-state index contributed by atoms with van der Waals surface area (Å²) in [5.74, 6) is -0.631. The Labute approximate surface area is 122 Å². The number of amides is 2. The fraction of sp³-hybridized carbons (Fsp3) is 0.0769. The van der Waals surface area contributed by atoms with Crippen LogP contribution < -0.4 is 11.1 Å². The van der Waals surface area contributed by atoms with Crippen molar-refractivity contribution in [1.29, 1.82) is 0 Å². The Kier molecular flexibility index (Phi) is 4.34. The smallest absolute Gasteiger partial charge is 0.265 e. The maximum atomic E-state index is 12.0. The largest absolute Gasteiger partial charge is 0.369 e. The lowest BCUT2D eigenvalue weighted by Crippen LogP contribution is -2.17. The molecule has 0 atom stereocenters. The van der Waals surface area contributed by atoms with Crippen LogP contribution in [-0.4, -0.2) is 11.8 Å². The fourth-order valence-corrected chi connectivity index (χ4v) is 2.89. The lowest BCUT2D eigenvalue weighted by Gasteiger charge is -2.08. The zero-order chi connectivity index (χ0) is 13.8. The molecule has 2 amide bonds. The van der Waals surface area contributed by atoms with Gasteiger partial charge in [0.15, 0.2) is 0 Å². The van der Waals surface area contributed by atoms with Gasteiger partial charge in [-0.1, -0.05) is 18.2 Å². The minimum Gasteiger partial charge on any atom is -0.369 e. The van der Waals surface area contributed by atoms with Gasteiger partial charge in [-0.3, -0.25) is 9.59 Å². The summed E-state index contributed by atoms with van der Waals surface area (Å²) < 4.78 is 0.892. The van der Waals surface area contributed by atoms with Gasteiger partial charge in [0.1, 0.15) is 0 Å². The first-order chi connectivity index (χ1) is 9.06. The number of para-hydroxylation sites is 1. The van der Waals surface area contributed by atoms with Crippen molar-refractivity contribution < 1.29 is 9.59 Å². The molecular weight excluding hydrogens is 328 g/mol. The maximum absolute atomic E-state index is 12.0. The van der Waals surface area contributed by atoms with Gasteiger partial charge in [0.25, 0.3) is 5.91 Å². The normalized spacial score (nSPS) is 10.2. The highest BCUT2D eigenvalue weighted by Crippen LogP contribution is 2.24. The zero-order valence-corrected chi connectivity index (χ0v) is 12.3. The van der Waals surface area contributed by atoms with Gasteiger partial charge in [-0.05, 0) is 39.7 Å². The van der Waals surface area contributed by atoms with Crippen LogP contribution >= 0.6 is 27.3 Å². The second-order valence-corrected chi connectivity index (χ2v) is 6.32. The molecule has 0 aliphatic heterocycles. The molecule has 19 heavy (non-hydrogen) atoms. The van der Waals surface area contributed by atoms with Crippen molar-refractivity contribution in [2.75, 3.05) is 5.32 Å². The molecule has 0 bridgehead atoms. The first-order valence-electron chi connectivity index (χ1n) is 5.49. The minimum absolute atomic E-state index is 0.102. The first-order valence-corrected chi connectivity index (χ1v) is 7.10. The Hall–Kier alpha value is -1.66. The monoisotopic (exact) mass is 338 g/mol. The number of hydrogen-bond donors (Lipinski definition) is 2. The van der Waals surface area contributed by atoms with E-state index in [9.17, 15) is 9.59 Å². The van der Waals surface area contributed by atoms with E-state index in [2.05, 4.69) is 21.2 Å². The van der Waals surface area contributed by atoms with Crippen LogP contribution in [0.2, 0.25) is 0 Å². The molecule has 0 spiro atoms. The van der Waals surface area contributed by atoms with Crippen molar-refractivity contribution in [3.05, 3.63) is 50.6 Å². The summed E-state index contributed by atoms with van der Waals surface area (Å²) in [4.78, 5) is 23.6. The molecule has 2 rings (SSSR count). The molecule has 2 aromatic rings. The number of rotatable bonds is 4. The number of thiophene rings is 1. The Balaban J connectivity index is 2.19. The molecular formula is C13H11BrN2O2S. The van der Waals surface area contributed by atoms with Crippen molar-refractivity contribution >= 4 is 44.8 Å². The SMILES string of the molecule is NC(=O)Cc1ccccc1NC(=O)c1ccc(Br)s1. The van der Waals surface area contributed by atoms with Gasteiger partial charge in [-0.25, -0.2) is 0 Å². The molecule has 0 unspecified atom stereocenters. The Morgan fingerprint density at radius 2 is 1.95 bits per heavy atom. The molecule has 6 heteroatoms. The molecule has 3 N–H and O–H groups in total. The van der Waals surface area contributed by atoms with E-state index >= 15 is 0 Å². The van der Waals surface area contributed by atoms with Gasteiger partial charge in [0.05, 0.1) is 15.1 Å². The van der Waals surface area contributed by atoms with Crippen LogP contribution in [0.5, 0.6) is 0 Å². The van der Waals surface area contributed by atoms with E-state index in [-0.39, 0.29) is 12.3 Å². The topological polar surface area (TPSA) is 72.2 Å². The summed E-state index contributed by atoms with van der Waals surface area (Å²) in [5.41, 5.74) is 6.50. The molecule has 0 aliphatic carbocycles. The lowest BCUT2D eigenvalue weighted by atomic mass is 10.1. The third-order valence-electron chi connectivity index (χ3n) is 2.43. The third kappa shape index (κ3) is 3.65. The number of nitrogens with one attached hydrogen (secondary N) is 1. The summed E-state index contributed by atoms with van der Waals surface area (Å²) in [5, 5.41) is 2.79. The predicted octanol–water partition coefficient (Wildman–Crippen LogP) is 2.79. The summed E-state index contributed by atoms with van der Waals surface area (Å²) >= 11 is 4.66. The number of hydrogen-bond acceptors (Lipinski definition) is 3. The Bertz CT molecular complexity index is 625. The number of halogens is 1. The van der Waals surface area contributed by atoms with E-state index in [1.165, 1.54) is 11.3 Å². The van der Waals surface area contributed by atoms with Crippen molar-refractivity contribution in [1.82, 2.24) is 0 Å². The van der Waals surface area contributed by atoms with Crippen LogP contribution in [0.1, 0.15) is 15.2 Å². The standard InChI is InChI=1S/C13H11BrN2O2S/c14-11-6-5-10(19-11)13(18)16-9-4-2-1-3-8(9)7-12(15)17/h1-6H,7H2,(H2,15,17)(H,16,18). The average Bonchev–Trinajstić information content (AvgIpc) is 2.78. The highest BCUT2D eigenvalue weighted by atomic mass is 79.9. The van der Waals surface area contributed by atoms with Gasteiger partial charge >= 0.3 is 0 Å². The van der Waals surface area contributed by atoms with E-state index in [1.807, 2.05) is 6.07 Å². The molecule has 0 fully saturated rings. The van der Waals surface area contributed by atoms with Crippen LogP contribution in [0, 0.1) is 0 Å². The van der Waals surface area contributed by atoms with Crippen molar-refractivity contribution in [2.45, 2.75) is 6.42 Å². The number of carbonyl (C=O) groups excluding carboxylic acids is 2. The maximum Gasteiger partial charge on any atom is 0.265 e. The van der Waals surface area contributed by atoms with Crippen molar-refractivity contribution in [2.24, 2.45) is 5.73 Å². The minimum atomic E-state index is -0.430. The van der Waals surface area contributed by atoms with Gasteiger partial charge in [-0.15, -0.1) is 11.3 Å². The van der Waals surface area contributed by atoms with Gasteiger partial charge in [0.2, 0.25) is 5.91 Å². The number of primary amides is 1. The molecule has 1 aromatic heterocycles. The van der Waals surface area contributed by atoms with E-state index < -0.39 is 5.91 Å². The Morgan fingerprint density at radius 3 is 2.58 bits per heavy atom. The third-order valence-corrected chi connectivity index (χ3v) is 4.05. The van der Waals surface area contributed by atoms with Crippen LogP contribution in [0.3, 0.4) is 0 Å². The molecule has 0 saturated heterocycles. The summed E-state index contributed by atoms with van der Waals surface area (Å²) in [6, 6.07) is 10.7. The number of carbonyl (C=O) groups is 2. The molecule has 0 aliphatic rings. The first kappa shape index (κ1) is 13.8. The van der Waals surface area contributed by atoms with Gasteiger partial charge < -0.3 is 11.1 Å². The van der Waals surface area contributed by atoms with E-state index in [0.29, 0.717) is 16.1 Å². The second kappa shape index (κ2) is 5.99. The fourth-order valence-electron chi connectivity index (χ4n) is 1.60. The predicted molar refractivity (Wildman–Crippen MR) is 79.3 cm³/mol. The summed E-state index contributed by atoms with van der Waals surface area (Å²) in [7, 11) is 0. The average molecular weight is 339 g/mol. The quantitative estimate of drug-likeness (QED) is 0.899. The van der Waals surface area contributed by atoms with Crippen LogP contribution in [-0.2, 0) is 11.2 Å². The zero-order valence-electron chi connectivity index (χ0n) is 9.85. The summed E-state index contributed by atoms with van der Waals surface area (Å²) in [6.07, 6.45) is 0.102. The molecule has 98 valence electrons. The van der Waals surface area contributed by atoms with Gasteiger partial charge in [-0.2, -0.15) is 0 Å². The van der Waals surface area contributed by atoms with E-state index in [0.717, 1.165) is 3.79 Å². The number of benzene rings is 1. The van der Waals surface area contributed by atoms with E-state index in [1.54, 1.807) is 30.3 Å². The molecule has 4 nitrogen and oxygen atoms in total. The molecule has 0 radical (unpaired) electrons. The lowest BCUT2D eigenvalue weighted by molar-refractivity contribution is -0.117. The van der Waals surface area contributed by atoms with Crippen LogP contribution in [0.25, 0.3) is 0 Å². The van der Waals surface area contributed by atoms with Gasteiger partial charge in [0, 0.05) is 5.69 Å². The number of anilines is 1. The van der Waals surface area contributed by atoms with Crippen molar-refractivity contribution in [3.8, 4) is 0 Å². The molecule has 1 aromatic carbocycles. The van der Waals surface area contributed by atoms with E-state index in [4.69, 9.17) is 5.73 Å². The number of nitrogens with two attached hydrogens (primary N) is 1. The highest BCUT2D eigenvalue weighted by molar-refractivity contribution is 9.11. The van der Waals surface area contributed by atoms with Crippen LogP contribution in [0.4, 0.5) is 5.69 Å². The van der Waals surface area contributed by atoms with Crippen molar-refractivity contribution in [3.63, 3.8) is 0 Å². The Morgan fingerprint density at radius 1 is 1.21 bits per heavy atom. The second-order valence-electron chi connectivity index (χ2n) is 3.86.